The lowest BCUT2D eigenvalue weighted by Gasteiger charge is -2.17. The SMILES string of the molecule is CC(C)(C)[C@@H]1[C@@H](O)N1C(=O)c1ccccc1OCc1ccc(C(=O)NO)cc1. The zero-order valence-electron chi connectivity index (χ0n) is 16.0. The molecule has 7 heteroatoms. The van der Waals surface area contributed by atoms with Gasteiger partial charge in [0.05, 0.1) is 11.6 Å². The van der Waals surface area contributed by atoms with E-state index in [-0.39, 0.29) is 24.0 Å². The number of amides is 2. The summed E-state index contributed by atoms with van der Waals surface area (Å²) >= 11 is 0. The molecule has 148 valence electrons. The normalized spacial score (nSPS) is 18.5. The smallest absolute Gasteiger partial charge is 0.274 e. The molecule has 2 aromatic rings. The highest BCUT2D eigenvalue weighted by molar-refractivity contribution is 5.99. The maximum Gasteiger partial charge on any atom is 0.274 e. The Kier molecular flexibility index (Phi) is 5.40. The number of hydrogen-bond donors (Lipinski definition) is 3. The number of benzene rings is 2. The van der Waals surface area contributed by atoms with Crippen LogP contribution in [-0.2, 0) is 6.61 Å². The van der Waals surface area contributed by atoms with Gasteiger partial charge in [-0.25, -0.2) is 5.48 Å². The van der Waals surface area contributed by atoms with Gasteiger partial charge in [-0.2, -0.15) is 0 Å². The average molecular weight is 384 g/mol. The van der Waals surface area contributed by atoms with Gasteiger partial charge in [0.2, 0.25) is 0 Å². The van der Waals surface area contributed by atoms with Crippen LogP contribution in [0.25, 0.3) is 0 Å². The minimum atomic E-state index is -0.786. The predicted octanol–water partition coefficient (Wildman–Crippen LogP) is 2.57. The summed E-state index contributed by atoms with van der Waals surface area (Å²) in [7, 11) is 0. The van der Waals surface area contributed by atoms with Gasteiger partial charge in [0.25, 0.3) is 11.8 Å². The molecule has 2 atom stereocenters. The number of hydrogen-bond acceptors (Lipinski definition) is 5. The number of carbonyl (C=O) groups is 2. The standard InChI is InChI=1S/C21H24N2O5/c1-21(2,3)17-20(26)23(17)19(25)15-6-4-5-7-16(15)28-12-13-8-10-14(11-9-13)18(24)22-27/h4-11,17,20,26-27H,12H2,1-3H3,(H,22,24)/t17-,20+,23?/m0/s1. The quantitative estimate of drug-likeness (QED) is 0.418. The molecule has 0 radical (unpaired) electrons. The first-order chi connectivity index (χ1) is 13.2. The van der Waals surface area contributed by atoms with E-state index in [0.717, 1.165) is 5.56 Å². The summed E-state index contributed by atoms with van der Waals surface area (Å²) in [4.78, 5) is 25.7. The molecule has 0 spiro atoms. The third-order valence-electron chi connectivity index (χ3n) is 4.73. The number of aliphatic hydroxyl groups excluding tert-OH is 1. The molecular weight excluding hydrogens is 360 g/mol. The van der Waals surface area contributed by atoms with E-state index in [0.29, 0.717) is 16.9 Å². The summed E-state index contributed by atoms with van der Waals surface area (Å²) in [6.07, 6.45) is -0.786. The molecule has 0 aliphatic carbocycles. The van der Waals surface area contributed by atoms with E-state index in [1.807, 2.05) is 20.8 Å². The zero-order valence-corrected chi connectivity index (χ0v) is 16.0. The number of aliphatic hydroxyl groups is 1. The first kappa shape index (κ1) is 19.9. The molecule has 3 N–H and O–H groups in total. The topological polar surface area (TPSA) is 98.9 Å². The molecule has 0 aromatic heterocycles. The zero-order chi connectivity index (χ0) is 20.5. The summed E-state index contributed by atoms with van der Waals surface area (Å²) in [5.41, 5.74) is 2.88. The van der Waals surface area contributed by atoms with E-state index in [1.54, 1.807) is 54.0 Å². The molecular formula is C21H24N2O5. The Hall–Kier alpha value is -2.90. The van der Waals surface area contributed by atoms with Crippen molar-refractivity contribution in [2.75, 3.05) is 0 Å². The van der Waals surface area contributed by atoms with E-state index in [2.05, 4.69) is 0 Å². The van der Waals surface area contributed by atoms with Gasteiger partial charge in [0.15, 0.2) is 6.23 Å². The van der Waals surface area contributed by atoms with Gasteiger partial charge in [-0.1, -0.05) is 45.0 Å². The number of hydroxylamine groups is 1. The molecule has 1 aliphatic heterocycles. The van der Waals surface area contributed by atoms with Crippen LogP contribution >= 0.6 is 0 Å². The number of nitrogens with zero attached hydrogens (tertiary/aromatic N) is 1. The van der Waals surface area contributed by atoms with Crippen molar-refractivity contribution in [2.24, 2.45) is 5.41 Å². The van der Waals surface area contributed by atoms with Crippen LogP contribution in [0.1, 0.15) is 47.1 Å². The number of ether oxygens (including phenoxy) is 1. The third kappa shape index (κ3) is 4.00. The van der Waals surface area contributed by atoms with Gasteiger partial charge in [-0.05, 0) is 35.2 Å². The summed E-state index contributed by atoms with van der Waals surface area (Å²) < 4.78 is 5.83. The van der Waals surface area contributed by atoms with Crippen LogP contribution in [0.4, 0.5) is 0 Å². The highest BCUT2D eigenvalue weighted by atomic mass is 16.5. The van der Waals surface area contributed by atoms with Crippen LogP contribution in [0.5, 0.6) is 5.75 Å². The maximum atomic E-state index is 12.9. The lowest BCUT2D eigenvalue weighted by atomic mass is 9.91. The van der Waals surface area contributed by atoms with Crippen molar-refractivity contribution in [3.8, 4) is 5.75 Å². The predicted molar refractivity (Wildman–Crippen MR) is 102 cm³/mol. The molecule has 0 bridgehead atoms. The number of para-hydroxylation sites is 1. The fourth-order valence-corrected chi connectivity index (χ4v) is 3.22. The van der Waals surface area contributed by atoms with Gasteiger partial charge >= 0.3 is 0 Å². The molecule has 2 aromatic carbocycles. The van der Waals surface area contributed by atoms with Crippen molar-refractivity contribution in [2.45, 2.75) is 39.6 Å². The molecule has 7 nitrogen and oxygen atoms in total. The Morgan fingerprint density at radius 2 is 1.75 bits per heavy atom. The van der Waals surface area contributed by atoms with Crippen molar-refractivity contribution in [1.82, 2.24) is 10.4 Å². The minimum Gasteiger partial charge on any atom is -0.488 e. The van der Waals surface area contributed by atoms with Crippen LogP contribution in [0.3, 0.4) is 0 Å². The fourth-order valence-electron chi connectivity index (χ4n) is 3.22. The molecule has 2 amide bonds. The Bertz CT molecular complexity index is 873. The van der Waals surface area contributed by atoms with Crippen molar-refractivity contribution in [3.05, 3.63) is 65.2 Å². The van der Waals surface area contributed by atoms with Crippen LogP contribution in [0.2, 0.25) is 0 Å². The Morgan fingerprint density at radius 3 is 2.32 bits per heavy atom. The van der Waals surface area contributed by atoms with Gasteiger partial charge in [0.1, 0.15) is 12.4 Å². The molecule has 28 heavy (non-hydrogen) atoms. The minimum absolute atomic E-state index is 0.205. The highest BCUT2D eigenvalue weighted by Crippen LogP contribution is 2.42. The molecule has 1 aliphatic rings. The molecule has 1 heterocycles. The first-order valence-electron chi connectivity index (χ1n) is 9.00. The molecule has 1 fully saturated rings. The van der Waals surface area contributed by atoms with E-state index < -0.39 is 12.1 Å². The maximum absolute atomic E-state index is 12.9. The Balaban J connectivity index is 1.71. The summed E-state index contributed by atoms with van der Waals surface area (Å²) in [6, 6.07) is 13.3. The van der Waals surface area contributed by atoms with Crippen LogP contribution in [-0.4, -0.2) is 39.3 Å². The van der Waals surface area contributed by atoms with Gasteiger partial charge in [0, 0.05) is 5.56 Å². The average Bonchev–Trinajstić information content (AvgIpc) is 3.37. The summed E-state index contributed by atoms with van der Waals surface area (Å²) in [5.74, 6) is -0.428. The van der Waals surface area contributed by atoms with Crippen molar-refractivity contribution in [3.63, 3.8) is 0 Å². The Labute approximate surface area is 163 Å². The molecule has 0 saturated carbocycles. The number of rotatable bonds is 5. The highest BCUT2D eigenvalue weighted by Gasteiger charge is 2.56. The van der Waals surface area contributed by atoms with Crippen LogP contribution < -0.4 is 10.2 Å². The second kappa shape index (κ2) is 7.61. The molecule has 0 unspecified atom stereocenters. The van der Waals surface area contributed by atoms with E-state index in [4.69, 9.17) is 9.94 Å². The summed E-state index contributed by atoms with van der Waals surface area (Å²) in [5, 5.41) is 18.8. The van der Waals surface area contributed by atoms with Crippen LogP contribution in [0, 0.1) is 5.41 Å². The van der Waals surface area contributed by atoms with Gasteiger partial charge in [-0.3, -0.25) is 14.8 Å². The second-order valence-corrected chi connectivity index (χ2v) is 7.86. The van der Waals surface area contributed by atoms with Gasteiger partial charge < -0.3 is 14.7 Å². The van der Waals surface area contributed by atoms with E-state index in [9.17, 15) is 14.7 Å². The number of nitrogens with one attached hydrogen (secondary N) is 1. The van der Waals surface area contributed by atoms with Crippen LogP contribution in [0.15, 0.2) is 48.5 Å². The molecule has 3 rings (SSSR count). The van der Waals surface area contributed by atoms with E-state index >= 15 is 0 Å². The number of carbonyl (C=O) groups excluding carboxylic acids is 2. The molecule has 1 saturated heterocycles. The lowest BCUT2D eigenvalue weighted by molar-refractivity contribution is 0.0706. The largest absolute Gasteiger partial charge is 0.488 e. The summed E-state index contributed by atoms with van der Waals surface area (Å²) in [6.45, 7) is 6.16. The van der Waals surface area contributed by atoms with Gasteiger partial charge in [-0.15, -0.1) is 0 Å². The third-order valence-corrected chi connectivity index (χ3v) is 4.73. The lowest BCUT2D eigenvalue weighted by Crippen LogP contribution is -2.23. The Morgan fingerprint density at radius 1 is 1.11 bits per heavy atom. The van der Waals surface area contributed by atoms with E-state index in [1.165, 1.54) is 4.90 Å². The van der Waals surface area contributed by atoms with Crippen molar-refractivity contribution in [1.29, 1.82) is 0 Å². The van der Waals surface area contributed by atoms with Crippen molar-refractivity contribution >= 4 is 11.8 Å². The first-order valence-corrected chi connectivity index (χ1v) is 9.00. The second-order valence-electron chi connectivity index (χ2n) is 7.86. The monoisotopic (exact) mass is 384 g/mol. The van der Waals surface area contributed by atoms with Crippen molar-refractivity contribution < 1.29 is 24.6 Å². The fraction of sp³-hybridized carbons (Fsp3) is 0.333.